The maximum absolute atomic E-state index is 12.4. The van der Waals surface area contributed by atoms with Crippen LogP contribution in [0.15, 0.2) is 24.3 Å². The first kappa shape index (κ1) is 17.8. The second-order valence-corrected chi connectivity index (χ2v) is 6.46. The molecule has 0 aliphatic heterocycles. The molecule has 1 aromatic rings. The van der Waals surface area contributed by atoms with E-state index in [-0.39, 0.29) is 18.6 Å². The summed E-state index contributed by atoms with van der Waals surface area (Å²) in [6, 6.07) is 5.56. The molecule has 1 saturated carbocycles. The zero-order chi connectivity index (χ0) is 16.8. The molecule has 0 radical (unpaired) electrons. The fraction of sp³-hybridized carbons (Fsp3) is 0.500. The Morgan fingerprint density at radius 1 is 1.39 bits per heavy atom. The van der Waals surface area contributed by atoms with Gasteiger partial charge in [-0.05, 0) is 55.9 Å². The Labute approximate surface area is 142 Å². The molecule has 1 N–H and O–H groups in total. The standard InChI is InChI=1S/C18H24ClNO3/c1-20(16-7-3-13(12-21)4-8-16)18(22)10-5-14-11-15(19)6-9-17(14)23-2/h5-6,9-11,13,16,21H,3-4,7-8,12H2,1-2H3/b10-5+. The quantitative estimate of drug-likeness (QED) is 0.838. The first-order valence-electron chi connectivity index (χ1n) is 7.94. The molecule has 126 valence electrons. The van der Waals surface area contributed by atoms with E-state index in [1.54, 1.807) is 42.4 Å². The van der Waals surface area contributed by atoms with Crippen LogP contribution in [0.25, 0.3) is 6.08 Å². The van der Waals surface area contributed by atoms with Crippen LogP contribution in [-0.4, -0.2) is 42.7 Å². The highest BCUT2D eigenvalue weighted by Crippen LogP contribution is 2.27. The number of ether oxygens (including phenoxy) is 1. The number of aliphatic hydroxyl groups is 1. The number of halogens is 1. The first-order chi connectivity index (χ1) is 11.0. The number of rotatable bonds is 5. The number of hydrogen-bond donors (Lipinski definition) is 1. The predicted octanol–water partition coefficient (Wildman–Crippen LogP) is 3.37. The summed E-state index contributed by atoms with van der Waals surface area (Å²) < 4.78 is 5.28. The van der Waals surface area contributed by atoms with Crippen molar-refractivity contribution in [2.75, 3.05) is 20.8 Å². The lowest BCUT2D eigenvalue weighted by molar-refractivity contribution is -0.127. The number of hydrogen-bond acceptors (Lipinski definition) is 3. The van der Waals surface area contributed by atoms with Gasteiger partial charge in [-0.15, -0.1) is 0 Å². The summed E-state index contributed by atoms with van der Waals surface area (Å²) in [6.07, 6.45) is 7.15. The molecule has 0 spiro atoms. The zero-order valence-electron chi connectivity index (χ0n) is 13.7. The minimum absolute atomic E-state index is 0.0283. The van der Waals surface area contributed by atoms with Crippen LogP contribution in [0, 0.1) is 5.92 Å². The van der Waals surface area contributed by atoms with Gasteiger partial charge in [0.1, 0.15) is 5.75 Å². The number of carbonyl (C=O) groups excluding carboxylic acids is 1. The molecule has 0 aromatic heterocycles. The van der Waals surface area contributed by atoms with Gasteiger partial charge >= 0.3 is 0 Å². The topological polar surface area (TPSA) is 49.8 Å². The van der Waals surface area contributed by atoms with E-state index in [2.05, 4.69) is 0 Å². The molecule has 1 aliphatic carbocycles. The van der Waals surface area contributed by atoms with E-state index in [9.17, 15) is 9.90 Å². The Hall–Kier alpha value is -1.52. The second-order valence-electron chi connectivity index (χ2n) is 6.03. The molecule has 2 rings (SSSR count). The van der Waals surface area contributed by atoms with Gasteiger partial charge in [-0.1, -0.05) is 11.6 Å². The number of carbonyl (C=O) groups is 1. The normalized spacial score (nSPS) is 21.4. The number of likely N-dealkylation sites (N-methyl/N-ethyl adjacent to an activating group) is 1. The van der Waals surface area contributed by atoms with Gasteiger partial charge in [0.15, 0.2) is 0 Å². The molecule has 1 aliphatic rings. The van der Waals surface area contributed by atoms with Crippen molar-refractivity contribution in [1.29, 1.82) is 0 Å². The number of aliphatic hydroxyl groups excluding tert-OH is 1. The van der Waals surface area contributed by atoms with Crippen molar-refractivity contribution in [3.8, 4) is 5.75 Å². The van der Waals surface area contributed by atoms with E-state index in [4.69, 9.17) is 16.3 Å². The minimum atomic E-state index is -0.0283. The molecule has 1 amide bonds. The van der Waals surface area contributed by atoms with Crippen LogP contribution in [0.2, 0.25) is 5.02 Å². The van der Waals surface area contributed by atoms with E-state index in [1.807, 2.05) is 7.05 Å². The number of nitrogens with zero attached hydrogens (tertiary/aromatic N) is 1. The highest BCUT2D eigenvalue weighted by atomic mass is 35.5. The molecule has 0 bridgehead atoms. The second kappa shape index (κ2) is 8.37. The summed E-state index contributed by atoms with van der Waals surface area (Å²) in [6.45, 7) is 0.249. The fourth-order valence-electron chi connectivity index (χ4n) is 3.01. The van der Waals surface area contributed by atoms with Crippen molar-refractivity contribution in [2.45, 2.75) is 31.7 Å². The third-order valence-electron chi connectivity index (χ3n) is 4.57. The molecule has 1 aromatic carbocycles. The Morgan fingerprint density at radius 2 is 2.09 bits per heavy atom. The van der Waals surface area contributed by atoms with E-state index in [0.717, 1.165) is 31.2 Å². The van der Waals surface area contributed by atoms with Crippen LogP contribution >= 0.6 is 11.6 Å². The average molecular weight is 338 g/mol. The molecule has 0 heterocycles. The molecular formula is C18H24ClNO3. The number of benzene rings is 1. The maximum atomic E-state index is 12.4. The molecule has 5 heteroatoms. The molecule has 0 unspecified atom stereocenters. The molecule has 1 fully saturated rings. The summed E-state index contributed by atoms with van der Waals surface area (Å²) in [5.74, 6) is 1.05. The van der Waals surface area contributed by atoms with Crippen LogP contribution < -0.4 is 4.74 Å². The minimum Gasteiger partial charge on any atom is -0.496 e. The van der Waals surface area contributed by atoms with Crippen molar-refractivity contribution in [1.82, 2.24) is 4.90 Å². The number of methoxy groups -OCH3 is 1. The van der Waals surface area contributed by atoms with Gasteiger partial charge in [-0.2, -0.15) is 0 Å². The van der Waals surface area contributed by atoms with Crippen molar-refractivity contribution in [2.24, 2.45) is 5.92 Å². The van der Waals surface area contributed by atoms with Crippen LogP contribution in [-0.2, 0) is 4.79 Å². The SMILES string of the molecule is COc1ccc(Cl)cc1/C=C/C(=O)N(C)C1CCC(CO)CC1. The number of amides is 1. The van der Waals surface area contributed by atoms with Gasteiger partial charge in [-0.25, -0.2) is 0 Å². The van der Waals surface area contributed by atoms with Gasteiger partial charge in [0, 0.05) is 36.4 Å². The van der Waals surface area contributed by atoms with Gasteiger partial charge in [0.05, 0.1) is 7.11 Å². The third kappa shape index (κ3) is 4.72. The Bertz CT molecular complexity index is 565. The van der Waals surface area contributed by atoms with Crippen molar-refractivity contribution < 1.29 is 14.6 Å². The fourth-order valence-corrected chi connectivity index (χ4v) is 3.19. The molecule has 4 nitrogen and oxygen atoms in total. The molecule has 23 heavy (non-hydrogen) atoms. The summed E-state index contributed by atoms with van der Waals surface area (Å²) in [7, 11) is 3.43. The van der Waals surface area contributed by atoms with Crippen LogP contribution in [0.4, 0.5) is 0 Å². The Kier molecular flexibility index (Phi) is 6.48. The van der Waals surface area contributed by atoms with Crippen molar-refractivity contribution in [3.63, 3.8) is 0 Å². The van der Waals surface area contributed by atoms with E-state index in [0.29, 0.717) is 16.7 Å². The van der Waals surface area contributed by atoms with E-state index < -0.39 is 0 Å². The van der Waals surface area contributed by atoms with Crippen molar-refractivity contribution >= 4 is 23.6 Å². The summed E-state index contributed by atoms with van der Waals surface area (Å²) in [4.78, 5) is 14.2. The van der Waals surface area contributed by atoms with Gasteiger partial charge in [0.25, 0.3) is 0 Å². The third-order valence-corrected chi connectivity index (χ3v) is 4.80. The summed E-state index contributed by atoms with van der Waals surface area (Å²) in [5, 5.41) is 9.80. The maximum Gasteiger partial charge on any atom is 0.246 e. The lowest BCUT2D eigenvalue weighted by atomic mass is 9.86. The summed E-state index contributed by atoms with van der Waals surface area (Å²) in [5.41, 5.74) is 0.783. The van der Waals surface area contributed by atoms with E-state index >= 15 is 0 Å². The molecular weight excluding hydrogens is 314 g/mol. The Balaban J connectivity index is 2.00. The van der Waals surface area contributed by atoms with Crippen LogP contribution in [0.5, 0.6) is 5.75 Å². The Morgan fingerprint density at radius 3 is 2.70 bits per heavy atom. The highest BCUT2D eigenvalue weighted by molar-refractivity contribution is 6.30. The highest BCUT2D eigenvalue weighted by Gasteiger charge is 2.25. The largest absolute Gasteiger partial charge is 0.496 e. The van der Waals surface area contributed by atoms with Crippen LogP contribution in [0.3, 0.4) is 0 Å². The van der Waals surface area contributed by atoms with Gasteiger partial charge in [-0.3, -0.25) is 4.79 Å². The average Bonchev–Trinajstić information content (AvgIpc) is 2.59. The smallest absolute Gasteiger partial charge is 0.246 e. The zero-order valence-corrected chi connectivity index (χ0v) is 14.4. The summed E-state index contributed by atoms with van der Waals surface area (Å²) >= 11 is 6.00. The first-order valence-corrected chi connectivity index (χ1v) is 8.32. The monoisotopic (exact) mass is 337 g/mol. The lowest BCUT2D eigenvalue weighted by Crippen LogP contribution is -2.39. The van der Waals surface area contributed by atoms with Crippen LogP contribution in [0.1, 0.15) is 31.2 Å². The van der Waals surface area contributed by atoms with Gasteiger partial charge < -0.3 is 14.7 Å². The molecule has 0 atom stereocenters. The predicted molar refractivity (Wildman–Crippen MR) is 92.6 cm³/mol. The van der Waals surface area contributed by atoms with Gasteiger partial charge in [0.2, 0.25) is 5.91 Å². The molecule has 0 saturated heterocycles. The van der Waals surface area contributed by atoms with E-state index in [1.165, 1.54) is 0 Å². The lowest BCUT2D eigenvalue weighted by Gasteiger charge is -2.33. The van der Waals surface area contributed by atoms with Crippen molar-refractivity contribution in [3.05, 3.63) is 34.9 Å².